The molecule has 0 radical (unpaired) electrons. The topological polar surface area (TPSA) is 21.3 Å². The van der Waals surface area contributed by atoms with E-state index in [0.29, 0.717) is 23.4 Å². The molecule has 0 spiro atoms. The van der Waals surface area contributed by atoms with E-state index in [1.165, 1.54) is 6.07 Å². The van der Waals surface area contributed by atoms with Crippen molar-refractivity contribution in [2.45, 2.75) is 32.0 Å². The van der Waals surface area contributed by atoms with Gasteiger partial charge in [-0.05, 0) is 36.7 Å². The monoisotopic (exact) mass is 363 g/mol. The predicted octanol–water partition coefficient (Wildman–Crippen LogP) is 4.81. The van der Waals surface area contributed by atoms with E-state index in [2.05, 4.69) is 21.2 Å². The van der Waals surface area contributed by atoms with Crippen molar-refractivity contribution in [1.29, 1.82) is 0 Å². The SMILES string of the molecule is CCCNC(C1=CCCO1)c1ccc(Br)cc1C(F)(F)F. The van der Waals surface area contributed by atoms with E-state index >= 15 is 0 Å². The van der Waals surface area contributed by atoms with Crippen LogP contribution >= 0.6 is 15.9 Å². The summed E-state index contributed by atoms with van der Waals surface area (Å²) in [5.41, 5.74) is -0.436. The summed E-state index contributed by atoms with van der Waals surface area (Å²) in [6.45, 7) is 3.12. The first kappa shape index (κ1) is 16.4. The summed E-state index contributed by atoms with van der Waals surface area (Å²) >= 11 is 3.11. The Labute approximate surface area is 130 Å². The van der Waals surface area contributed by atoms with Gasteiger partial charge in [-0.1, -0.05) is 28.9 Å². The minimum absolute atomic E-state index is 0.201. The number of ether oxygens (including phenoxy) is 1. The molecule has 1 aliphatic heterocycles. The predicted molar refractivity (Wildman–Crippen MR) is 78.8 cm³/mol. The van der Waals surface area contributed by atoms with Crippen LogP contribution in [0.3, 0.4) is 0 Å². The number of hydrogen-bond acceptors (Lipinski definition) is 2. The second kappa shape index (κ2) is 6.83. The van der Waals surface area contributed by atoms with Gasteiger partial charge in [-0.25, -0.2) is 0 Å². The number of halogens is 4. The first-order chi connectivity index (χ1) is 9.93. The van der Waals surface area contributed by atoms with E-state index in [9.17, 15) is 13.2 Å². The van der Waals surface area contributed by atoms with E-state index in [1.807, 2.05) is 13.0 Å². The molecule has 1 atom stereocenters. The summed E-state index contributed by atoms with van der Waals surface area (Å²) < 4.78 is 45.8. The highest BCUT2D eigenvalue weighted by molar-refractivity contribution is 9.10. The molecule has 0 saturated heterocycles. The van der Waals surface area contributed by atoms with E-state index in [-0.39, 0.29) is 5.56 Å². The Hall–Kier alpha value is -1.01. The Morgan fingerprint density at radius 2 is 2.14 bits per heavy atom. The first-order valence-corrected chi connectivity index (χ1v) is 7.65. The van der Waals surface area contributed by atoms with Crippen LogP contribution in [0.1, 0.15) is 36.9 Å². The molecular weight excluding hydrogens is 347 g/mol. The number of nitrogens with one attached hydrogen (secondary N) is 1. The molecule has 6 heteroatoms. The van der Waals surface area contributed by atoms with Gasteiger partial charge in [0.15, 0.2) is 0 Å². The van der Waals surface area contributed by atoms with Gasteiger partial charge in [0, 0.05) is 10.9 Å². The van der Waals surface area contributed by atoms with Crippen molar-refractivity contribution in [3.63, 3.8) is 0 Å². The van der Waals surface area contributed by atoms with Gasteiger partial charge in [0.05, 0.1) is 18.2 Å². The lowest BCUT2D eigenvalue weighted by Crippen LogP contribution is -2.27. The quantitative estimate of drug-likeness (QED) is 0.810. The molecule has 0 fully saturated rings. The summed E-state index contributed by atoms with van der Waals surface area (Å²) in [4.78, 5) is 0. The number of rotatable bonds is 5. The maximum atomic E-state index is 13.3. The van der Waals surface area contributed by atoms with Gasteiger partial charge in [-0.2, -0.15) is 13.2 Å². The molecule has 0 aliphatic carbocycles. The zero-order valence-electron chi connectivity index (χ0n) is 11.6. The Kier molecular flexibility index (Phi) is 5.32. The van der Waals surface area contributed by atoms with E-state index in [1.54, 1.807) is 6.07 Å². The van der Waals surface area contributed by atoms with Gasteiger partial charge in [-0.3, -0.25) is 0 Å². The molecular formula is C15H17BrF3NO. The van der Waals surface area contributed by atoms with Gasteiger partial charge >= 0.3 is 6.18 Å². The molecule has 0 bridgehead atoms. The molecule has 1 unspecified atom stereocenters. The molecule has 0 saturated carbocycles. The molecule has 116 valence electrons. The fourth-order valence-electron chi connectivity index (χ4n) is 2.32. The van der Waals surface area contributed by atoms with Crippen LogP contribution in [0, 0.1) is 0 Å². The van der Waals surface area contributed by atoms with Crippen LogP contribution in [-0.4, -0.2) is 13.2 Å². The summed E-state index contributed by atoms with van der Waals surface area (Å²) in [5.74, 6) is 0.580. The largest absolute Gasteiger partial charge is 0.496 e. The first-order valence-electron chi connectivity index (χ1n) is 6.86. The normalized spacial score (nSPS) is 16.5. The molecule has 1 aliphatic rings. The smallest absolute Gasteiger partial charge is 0.416 e. The average Bonchev–Trinajstić information content (AvgIpc) is 2.93. The fraction of sp³-hybridized carbons (Fsp3) is 0.467. The van der Waals surface area contributed by atoms with Crippen molar-refractivity contribution in [3.8, 4) is 0 Å². The second-order valence-corrected chi connectivity index (χ2v) is 5.78. The number of alkyl halides is 3. The lowest BCUT2D eigenvalue weighted by Gasteiger charge is -2.24. The molecule has 2 nitrogen and oxygen atoms in total. The van der Waals surface area contributed by atoms with Crippen LogP contribution in [0.15, 0.2) is 34.5 Å². The summed E-state index contributed by atoms with van der Waals surface area (Å²) in [5, 5.41) is 3.15. The number of benzene rings is 1. The van der Waals surface area contributed by atoms with Gasteiger partial charge in [0.2, 0.25) is 0 Å². The highest BCUT2D eigenvalue weighted by atomic mass is 79.9. The Morgan fingerprint density at radius 1 is 1.38 bits per heavy atom. The van der Waals surface area contributed by atoms with Crippen LogP contribution in [0.4, 0.5) is 13.2 Å². The van der Waals surface area contributed by atoms with Crippen LogP contribution < -0.4 is 5.32 Å². The molecule has 2 rings (SSSR count). The summed E-state index contributed by atoms with van der Waals surface area (Å²) in [7, 11) is 0. The van der Waals surface area contributed by atoms with Crippen LogP contribution in [0.2, 0.25) is 0 Å². The molecule has 0 amide bonds. The van der Waals surface area contributed by atoms with Crippen molar-refractivity contribution in [3.05, 3.63) is 45.6 Å². The third-order valence-electron chi connectivity index (χ3n) is 3.25. The van der Waals surface area contributed by atoms with Crippen molar-refractivity contribution in [2.75, 3.05) is 13.2 Å². The molecule has 1 heterocycles. The lowest BCUT2D eigenvalue weighted by molar-refractivity contribution is -0.138. The molecule has 1 aromatic rings. The highest BCUT2D eigenvalue weighted by Gasteiger charge is 2.36. The third kappa shape index (κ3) is 4.01. The Bertz CT molecular complexity index is 528. The lowest BCUT2D eigenvalue weighted by atomic mass is 9.98. The maximum absolute atomic E-state index is 13.3. The summed E-state index contributed by atoms with van der Waals surface area (Å²) in [6.07, 6.45) is -0.973. The van der Waals surface area contributed by atoms with Crippen molar-refractivity contribution in [2.24, 2.45) is 0 Å². The standard InChI is InChI=1S/C15H17BrF3NO/c1-2-7-20-14(13-4-3-8-21-13)11-6-5-10(16)9-12(11)15(17,18)19/h4-6,9,14,20H,2-3,7-8H2,1H3. The van der Waals surface area contributed by atoms with Gasteiger partial charge in [0.25, 0.3) is 0 Å². The minimum atomic E-state index is -4.40. The second-order valence-electron chi connectivity index (χ2n) is 4.86. The molecule has 21 heavy (non-hydrogen) atoms. The third-order valence-corrected chi connectivity index (χ3v) is 3.74. The fourth-order valence-corrected chi connectivity index (χ4v) is 2.68. The van der Waals surface area contributed by atoms with Crippen LogP contribution in [0.25, 0.3) is 0 Å². The average molecular weight is 364 g/mol. The van der Waals surface area contributed by atoms with Gasteiger partial charge in [0.1, 0.15) is 5.76 Å². The minimum Gasteiger partial charge on any atom is -0.496 e. The molecule has 1 N–H and O–H groups in total. The van der Waals surface area contributed by atoms with Crippen LogP contribution in [-0.2, 0) is 10.9 Å². The van der Waals surface area contributed by atoms with Crippen molar-refractivity contribution >= 4 is 15.9 Å². The zero-order chi connectivity index (χ0) is 15.5. The maximum Gasteiger partial charge on any atom is 0.416 e. The van der Waals surface area contributed by atoms with Gasteiger partial charge < -0.3 is 10.1 Å². The van der Waals surface area contributed by atoms with Crippen LogP contribution in [0.5, 0.6) is 0 Å². The van der Waals surface area contributed by atoms with Crippen molar-refractivity contribution in [1.82, 2.24) is 5.32 Å². The summed E-state index contributed by atoms with van der Waals surface area (Å²) in [6, 6.07) is 3.69. The van der Waals surface area contributed by atoms with E-state index in [0.717, 1.165) is 18.9 Å². The van der Waals surface area contributed by atoms with E-state index < -0.39 is 17.8 Å². The zero-order valence-corrected chi connectivity index (χ0v) is 13.2. The Morgan fingerprint density at radius 3 is 2.71 bits per heavy atom. The van der Waals surface area contributed by atoms with Gasteiger partial charge in [-0.15, -0.1) is 0 Å². The van der Waals surface area contributed by atoms with Crippen molar-refractivity contribution < 1.29 is 17.9 Å². The Balaban J connectivity index is 2.43. The van der Waals surface area contributed by atoms with E-state index in [4.69, 9.17) is 4.74 Å². The highest BCUT2D eigenvalue weighted by Crippen LogP contribution is 2.39. The number of hydrogen-bond donors (Lipinski definition) is 1. The molecule has 1 aromatic carbocycles. The molecule has 0 aromatic heterocycles.